The third-order valence-electron chi connectivity index (χ3n) is 3.07. The van der Waals surface area contributed by atoms with Gasteiger partial charge in [-0.15, -0.1) is 0 Å². The normalized spacial score (nSPS) is 11.7. The van der Waals surface area contributed by atoms with Crippen LogP contribution in [0.2, 0.25) is 5.02 Å². The SMILES string of the molecule is CCCN(CC)c1cc(Cl)ccc1CNC(C)(C)C. The Morgan fingerprint density at radius 3 is 2.42 bits per heavy atom. The first-order valence-corrected chi connectivity index (χ1v) is 7.53. The van der Waals surface area contributed by atoms with Crippen LogP contribution < -0.4 is 10.2 Å². The molecule has 0 atom stereocenters. The molecular formula is C16H27ClN2. The van der Waals surface area contributed by atoms with E-state index in [0.29, 0.717) is 0 Å². The maximum Gasteiger partial charge on any atom is 0.0426 e. The zero-order valence-electron chi connectivity index (χ0n) is 12.9. The highest BCUT2D eigenvalue weighted by molar-refractivity contribution is 6.30. The first-order chi connectivity index (χ1) is 8.87. The van der Waals surface area contributed by atoms with Gasteiger partial charge in [-0.2, -0.15) is 0 Å². The van der Waals surface area contributed by atoms with Gasteiger partial charge in [0, 0.05) is 35.9 Å². The van der Waals surface area contributed by atoms with Crippen LogP contribution in [0.1, 0.15) is 46.6 Å². The van der Waals surface area contributed by atoms with Crippen LogP contribution in [0.5, 0.6) is 0 Å². The van der Waals surface area contributed by atoms with E-state index >= 15 is 0 Å². The van der Waals surface area contributed by atoms with Crippen molar-refractivity contribution < 1.29 is 0 Å². The number of rotatable bonds is 6. The van der Waals surface area contributed by atoms with Crippen LogP contribution in [0, 0.1) is 0 Å². The second-order valence-electron chi connectivity index (χ2n) is 5.96. The highest BCUT2D eigenvalue weighted by Gasteiger charge is 2.13. The smallest absolute Gasteiger partial charge is 0.0426 e. The predicted octanol–water partition coefficient (Wildman–Crippen LogP) is 4.46. The van der Waals surface area contributed by atoms with Crippen LogP contribution in [-0.2, 0) is 6.54 Å². The molecule has 0 aromatic heterocycles. The fourth-order valence-corrected chi connectivity index (χ4v) is 2.23. The summed E-state index contributed by atoms with van der Waals surface area (Å²) in [7, 11) is 0. The van der Waals surface area contributed by atoms with E-state index in [0.717, 1.165) is 31.1 Å². The van der Waals surface area contributed by atoms with Crippen LogP contribution in [-0.4, -0.2) is 18.6 Å². The van der Waals surface area contributed by atoms with Crippen LogP contribution in [0.25, 0.3) is 0 Å². The molecule has 1 aromatic rings. The van der Waals surface area contributed by atoms with E-state index in [1.807, 2.05) is 6.07 Å². The molecule has 0 amide bonds. The maximum absolute atomic E-state index is 6.16. The van der Waals surface area contributed by atoms with Gasteiger partial charge in [-0.05, 0) is 51.8 Å². The summed E-state index contributed by atoms with van der Waals surface area (Å²) in [4.78, 5) is 2.39. The molecule has 3 heteroatoms. The second kappa shape index (κ2) is 7.16. The molecule has 0 spiro atoms. The molecule has 0 unspecified atom stereocenters. The minimum absolute atomic E-state index is 0.124. The van der Waals surface area contributed by atoms with Gasteiger partial charge in [-0.1, -0.05) is 24.6 Å². The monoisotopic (exact) mass is 282 g/mol. The third-order valence-corrected chi connectivity index (χ3v) is 3.31. The van der Waals surface area contributed by atoms with Gasteiger partial charge in [-0.25, -0.2) is 0 Å². The third kappa shape index (κ3) is 5.42. The van der Waals surface area contributed by atoms with Gasteiger partial charge in [0.2, 0.25) is 0 Å². The van der Waals surface area contributed by atoms with Crippen molar-refractivity contribution in [2.75, 3.05) is 18.0 Å². The lowest BCUT2D eigenvalue weighted by atomic mass is 10.1. The van der Waals surface area contributed by atoms with E-state index < -0.39 is 0 Å². The van der Waals surface area contributed by atoms with Crippen molar-refractivity contribution in [3.05, 3.63) is 28.8 Å². The fourth-order valence-electron chi connectivity index (χ4n) is 2.06. The molecule has 0 heterocycles. The number of benzene rings is 1. The number of nitrogens with zero attached hydrogens (tertiary/aromatic N) is 1. The van der Waals surface area contributed by atoms with Gasteiger partial charge in [-0.3, -0.25) is 0 Å². The van der Waals surface area contributed by atoms with E-state index in [1.165, 1.54) is 11.3 Å². The summed E-state index contributed by atoms with van der Waals surface area (Å²) in [5, 5.41) is 4.36. The summed E-state index contributed by atoms with van der Waals surface area (Å²) in [5.41, 5.74) is 2.70. The molecule has 0 fully saturated rings. The number of nitrogens with one attached hydrogen (secondary N) is 1. The first-order valence-electron chi connectivity index (χ1n) is 7.15. The molecule has 0 radical (unpaired) electrons. The molecule has 19 heavy (non-hydrogen) atoms. The summed E-state index contributed by atoms with van der Waals surface area (Å²) in [5.74, 6) is 0. The van der Waals surface area contributed by atoms with Crippen molar-refractivity contribution >= 4 is 17.3 Å². The van der Waals surface area contributed by atoms with Crippen LogP contribution in [0.15, 0.2) is 18.2 Å². The number of anilines is 1. The Hall–Kier alpha value is -0.730. The standard InChI is InChI=1S/C16H27ClN2/c1-6-10-19(7-2)15-11-14(17)9-8-13(15)12-18-16(3,4)5/h8-9,11,18H,6-7,10,12H2,1-5H3. The summed E-state index contributed by atoms with van der Waals surface area (Å²) in [6.07, 6.45) is 1.15. The van der Waals surface area contributed by atoms with Gasteiger partial charge >= 0.3 is 0 Å². The zero-order chi connectivity index (χ0) is 14.5. The van der Waals surface area contributed by atoms with E-state index in [1.54, 1.807) is 0 Å². The Labute approximate surface area is 123 Å². The minimum atomic E-state index is 0.124. The Morgan fingerprint density at radius 1 is 1.21 bits per heavy atom. The highest BCUT2D eigenvalue weighted by atomic mass is 35.5. The zero-order valence-corrected chi connectivity index (χ0v) is 13.6. The second-order valence-corrected chi connectivity index (χ2v) is 6.39. The van der Waals surface area contributed by atoms with Crippen LogP contribution in [0.3, 0.4) is 0 Å². The molecule has 108 valence electrons. The van der Waals surface area contributed by atoms with Crippen molar-refractivity contribution in [1.29, 1.82) is 0 Å². The van der Waals surface area contributed by atoms with Crippen LogP contribution >= 0.6 is 11.6 Å². The molecule has 0 bridgehead atoms. The van der Waals surface area contributed by atoms with Gasteiger partial charge in [0.15, 0.2) is 0 Å². The minimum Gasteiger partial charge on any atom is -0.372 e. The number of halogens is 1. The van der Waals surface area contributed by atoms with Crippen LogP contribution in [0.4, 0.5) is 5.69 Å². The van der Waals surface area contributed by atoms with Gasteiger partial charge < -0.3 is 10.2 Å². The van der Waals surface area contributed by atoms with Crippen molar-refractivity contribution in [2.24, 2.45) is 0 Å². The van der Waals surface area contributed by atoms with Crippen molar-refractivity contribution in [1.82, 2.24) is 5.32 Å². The van der Waals surface area contributed by atoms with E-state index in [4.69, 9.17) is 11.6 Å². The fraction of sp³-hybridized carbons (Fsp3) is 0.625. The topological polar surface area (TPSA) is 15.3 Å². The molecule has 2 nitrogen and oxygen atoms in total. The molecule has 0 aliphatic rings. The number of hydrogen-bond donors (Lipinski definition) is 1. The average Bonchev–Trinajstić information content (AvgIpc) is 2.33. The summed E-state index contributed by atoms with van der Waals surface area (Å²) < 4.78 is 0. The molecule has 0 aliphatic heterocycles. The van der Waals surface area contributed by atoms with Crippen molar-refractivity contribution in [3.63, 3.8) is 0 Å². The van der Waals surface area contributed by atoms with Crippen molar-refractivity contribution in [2.45, 2.75) is 53.1 Å². The lowest BCUT2D eigenvalue weighted by Gasteiger charge is -2.27. The summed E-state index contributed by atoms with van der Waals surface area (Å²) >= 11 is 6.16. The van der Waals surface area contributed by atoms with E-state index in [2.05, 4.69) is 57.0 Å². The van der Waals surface area contributed by atoms with E-state index in [9.17, 15) is 0 Å². The molecule has 0 aliphatic carbocycles. The Kier molecular flexibility index (Phi) is 6.15. The van der Waals surface area contributed by atoms with Crippen molar-refractivity contribution in [3.8, 4) is 0 Å². The van der Waals surface area contributed by atoms with E-state index in [-0.39, 0.29) is 5.54 Å². The largest absolute Gasteiger partial charge is 0.372 e. The average molecular weight is 283 g/mol. The molecular weight excluding hydrogens is 256 g/mol. The van der Waals surface area contributed by atoms with Gasteiger partial charge in [0.25, 0.3) is 0 Å². The predicted molar refractivity (Wildman–Crippen MR) is 86.2 cm³/mol. The lowest BCUT2D eigenvalue weighted by molar-refractivity contribution is 0.424. The lowest BCUT2D eigenvalue weighted by Crippen LogP contribution is -2.35. The molecule has 0 saturated carbocycles. The molecule has 1 rings (SSSR count). The van der Waals surface area contributed by atoms with Gasteiger partial charge in [0.1, 0.15) is 0 Å². The Bertz CT molecular complexity index is 396. The maximum atomic E-state index is 6.16. The summed E-state index contributed by atoms with van der Waals surface area (Å²) in [6, 6.07) is 6.19. The number of hydrogen-bond acceptors (Lipinski definition) is 2. The molecule has 1 aromatic carbocycles. The Morgan fingerprint density at radius 2 is 1.89 bits per heavy atom. The Balaban J connectivity index is 2.96. The molecule has 1 N–H and O–H groups in total. The molecule has 0 saturated heterocycles. The highest BCUT2D eigenvalue weighted by Crippen LogP contribution is 2.25. The first kappa shape index (κ1) is 16.3. The van der Waals surface area contributed by atoms with Gasteiger partial charge in [0.05, 0.1) is 0 Å². The summed E-state index contributed by atoms with van der Waals surface area (Å²) in [6.45, 7) is 13.9. The quantitative estimate of drug-likeness (QED) is 0.828.